The van der Waals surface area contributed by atoms with E-state index in [4.69, 9.17) is 4.74 Å². The normalized spacial score (nSPS) is 12.0. The lowest BCUT2D eigenvalue weighted by Crippen LogP contribution is -2.32. The van der Waals surface area contributed by atoms with E-state index in [1.807, 2.05) is 30.3 Å². The second-order valence-corrected chi connectivity index (χ2v) is 5.72. The Morgan fingerprint density at radius 2 is 2.00 bits per heavy atom. The molecule has 3 nitrogen and oxygen atoms in total. The molecule has 22 heavy (non-hydrogen) atoms. The lowest BCUT2D eigenvalue weighted by Gasteiger charge is -2.15. The second-order valence-electron chi connectivity index (χ2n) is 4.80. The molecule has 1 unspecified atom stereocenters. The summed E-state index contributed by atoms with van der Waals surface area (Å²) >= 11 is 3.31. The van der Waals surface area contributed by atoms with Gasteiger partial charge in [-0.1, -0.05) is 46.3 Å². The van der Waals surface area contributed by atoms with Crippen molar-refractivity contribution in [3.63, 3.8) is 0 Å². The van der Waals surface area contributed by atoms with E-state index in [-0.39, 0.29) is 11.7 Å². The van der Waals surface area contributed by atoms with Crippen LogP contribution in [0.15, 0.2) is 53.0 Å². The molecule has 116 valence electrons. The van der Waals surface area contributed by atoms with Gasteiger partial charge in [0.05, 0.1) is 0 Å². The third kappa shape index (κ3) is 4.39. The van der Waals surface area contributed by atoms with Crippen molar-refractivity contribution in [2.75, 3.05) is 13.7 Å². The van der Waals surface area contributed by atoms with Crippen LogP contribution in [-0.2, 0) is 16.0 Å². The fourth-order valence-corrected chi connectivity index (χ4v) is 2.58. The first-order valence-electron chi connectivity index (χ1n) is 6.91. The minimum atomic E-state index is -0.659. The fraction of sp³-hybridized carbons (Fsp3) is 0.235. The Balaban J connectivity index is 1.93. The average molecular weight is 366 g/mol. The van der Waals surface area contributed by atoms with E-state index in [1.54, 1.807) is 12.1 Å². The minimum absolute atomic E-state index is 0.232. The van der Waals surface area contributed by atoms with E-state index in [1.165, 1.54) is 13.2 Å². The van der Waals surface area contributed by atoms with Crippen LogP contribution in [0.1, 0.15) is 17.2 Å². The van der Waals surface area contributed by atoms with Crippen molar-refractivity contribution < 1.29 is 13.9 Å². The van der Waals surface area contributed by atoms with Crippen LogP contribution < -0.4 is 5.32 Å². The van der Waals surface area contributed by atoms with Gasteiger partial charge in [-0.3, -0.25) is 4.79 Å². The zero-order chi connectivity index (χ0) is 15.9. The number of hydrogen-bond acceptors (Lipinski definition) is 2. The number of amides is 1. The molecule has 0 aliphatic heterocycles. The van der Waals surface area contributed by atoms with Crippen LogP contribution in [0.3, 0.4) is 0 Å². The first-order chi connectivity index (χ1) is 10.6. The van der Waals surface area contributed by atoms with Crippen LogP contribution in [0, 0.1) is 5.82 Å². The summed E-state index contributed by atoms with van der Waals surface area (Å²) in [6.45, 7) is 0.346. The molecule has 2 aromatic carbocycles. The van der Waals surface area contributed by atoms with Gasteiger partial charge < -0.3 is 10.1 Å². The Hall–Kier alpha value is -1.72. The van der Waals surface area contributed by atoms with Gasteiger partial charge in [0, 0.05) is 18.1 Å². The van der Waals surface area contributed by atoms with Gasteiger partial charge in [-0.25, -0.2) is 4.39 Å². The van der Waals surface area contributed by atoms with Crippen molar-refractivity contribution in [1.82, 2.24) is 5.32 Å². The smallest absolute Gasteiger partial charge is 0.253 e. The monoisotopic (exact) mass is 365 g/mol. The number of benzene rings is 2. The number of carbonyl (C=O) groups is 1. The van der Waals surface area contributed by atoms with Crippen molar-refractivity contribution in [2.45, 2.75) is 12.5 Å². The quantitative estimate of drug-likeness (QED) is 0.848. The van der Waals surface area contributed by atoms with Gasteiger partial charge in [-0.05, 0) is 35.7 Å². The average Bonchev–Trinajstić information content (AvgIpc) is 2.52. The molecule has 0 aromatic heterocycles. The van der Waals surface area contributed by atoms with E-state index in [9.17, 15) is 9.18 Å². The van der Waals surface area contributed by atoms with E-state index < -0.39 is 6.10 Å². The molecule has 0 spiro atoms. The molecule has 0 saturated carbocycles. The van der Waals surface area contributed by atoms with Crippen molar-refractivity contribution in [1.29, 1.82) is 0 Å². The topological polar surface area (TPSA) is 38.3 Å². The van der Waals surface area contributed by atoms with Gasteiger partial charge in [0.25, 0.3) is 5.91 Å². The van der Waals surface area contributed by atoms with Gasteiger partial charge in [-0.2, -0.15) is 0 Å². The van der Waals surface area contributed by atoms with Gasteiger partial charge in [0.1, 0.15) is 5.82 Å². The molecule has 0 heterocycles. The highest BCUT2D eigenvalue weighted by Crippen LogP contribution is 2.17. The highest BCUT2D eigenvalue weighted by Gasteiger charge is 2.19. The van der Waals surface area contributed by atoms with Crippen molar-refractivity contribution in [3.8, 4) is 0 Å². The molecule has 0 saturated heterocycles. The molecule has 0 aliphatic rings. The van der Waals surface area contributed by atoms with Crippen LogP contribution in [0.4, 0.5) is 4.39 Å². The molecule has 5 heteroatoms. The molecule has 0 radical (unpaired) electrons. The molecule has 1 N–H and O–H groups in total. The summed E-state index contributed by atoms with van der Waals surface area (Å²) in [6.07, 6.45) is -0.240. The second kappa shape index (κ2) is 8.06. The van der Waals surface area contributed by atoms with Crippen molar-refractivity contribution in [2.24, 2.45) is 0 Å². The van der Waals surface area contributed by atoms with Crippen LogP contribution in [0.2, 0.25) is 0 Å². The molecule has 1 atom stereocenters. The maximum Gasteiger partial charge on any atom is 0.253 e. The first-order valence-corrected chi connectivity index (χ1v) is 7.70. The molecular weight excluding hydrogens is 349 g/mol. The summed E-state index contributed by atoms with van der Waals surface area (Å²) < 4.78 is 19.7. The van der Waals surface area contributed by atoms with Gasteiger partial charge >= 0.3 is 0 Å². The number of carbonyl (C=O) groups excluding carboxylic acids is 1. The van der Waals surface area contributed by atoms with Gasteiger partial charge in [-0.15, -0.1) is 0 Å². The molecular formula is C17H17BrFNO2. The van der Waals surface area contributed by atoms with Crippen LogP contribution in [0.5, 0.6) is 0 Å². The third-order valence-corrected chi connectivity index (χ3v) is 3.77. The molecule has 2 rings (SSSR count). The number of nitrogens with one attached hydrogen (secondary N) is 1. The first kappa shape index (κ1) is 16.6. The number of rotatable bonds is 6. The Bertz CT molecular complexity index is 634. The number of hydrogen-bond donors (Lipinski definition) is 1. The SMILES string of the molecule is COC(C(=O)NCCc1cc(Br)ccc1F)c1ccccc1. The summed E-state index contributed by atoms with van der Waals surface area (Å²) in [7, 11) is 1.49. The Morgan fingerprint density at radius 1 is 1.27 bits per heavy atom. The van der Waals surface area contributed by atoms with Crippen LogP contribution in [0.25, 0.3) is 0 Å². The van der Waals surface area contributed by atoms with E-state index in [0.717, 1.165) is 10.0 Å². The highest BCUT2D eigenvalue weighted by atomic mass is 79.9. The lowest BCUT2D eigenvalue weighted by atomic mass is 10.1. The molecule has 0 bridgehead atoms. The van der Waals surface area contributed by atoms with E-state index >= 15 is 0 Å². The summed E-state index contributed by atoms with van der Waals surface area (Å²) in [5.74, 6) is -0.507. The summed E-state index contributed by atoms with van der Waals surface area (Å²) in [5, 5.41) is 2.78. The van der Waals surface area contributed by atoms with Crippen molar-refractivity contribution >= 4 is 21.8 Å². The molecule has 1 amide bonds. The number of methoxy groups -OCH3 is 1. The number of ether oxygens (including phenoxy) is 1. The predicted molar refractivity (Wildman–Crippen MR) is 87.0 cm³/mol. The summed E-state index contributed by atoms with van der Waals surface area (Å²) in [6, 6.07) is 14.0. The predicted octanol–water partition coefficient (Wildman–Crippen LogP) is 3.63. The maximum atomic E-state index is 13.6. The largest absolute Gasteiger partial charge is 0.367 e. The molecule has 0 aliphatic carbocycles. The van der Waals surface area contributed by atoms with Crippen LogP contribution in [-0.4, -0.2) is 19.6 Å². The summed E-state index contributed by atoms with van der Waals surface area (Å²) in [4.78, 5) is 12.2. The Morgan fingerprint density at radius 3 is 2.68 bits per heavy atom. The minimum Gasteiger partial charge on any atom is -0.367 e. The zero-order valence-corrected chi connectivity index (χ0v) is 13.8. The third-order valence-electron chi connectivity index (χ3n) is 3.28. The van der Waals surface area contributed by atoms with E-state index in [2.05, 4.69) is 21.2 Å². The van der Waals surface area contributed by atoms with E-state index in [0.29, 0.717) is 18.5 Å². The fourth-order valence-electron chi connectivity index (χ4n) is 2.17. The zero-order valence-electron chi connectivity index (χ0n) is 12.2. The van der Waals surface area contributed by atoms with Crippen LogP contribution >= 0.6 is 15.9 Å². The summed E-state index contributed by atoms with van der Waals surface area (Å²) in [5.41, 5.74) is 1.35. The lowest BCUT2D eigenvalue weighted by molar-refractivity contribution is -0.131. The Kier molecular flexibility index (Phi) is 6.10. The van der Waals surface area contributed by atoms with Gasteiger partial charge in [0.2, 0.25) is 0 Å². The maximum absolute atomic E-state index is 13.6. The standard InChI is InChI=1S/C17H17BrFNO2/c1-22-16(12-5-3-2-4-6-12)17(21)20-10-9-13-11-14(18)7-8-15(13)19/h2-8,11,16H,9-10H2,1H3,(H,20,21). The van der Waals surface area contributed by atoms with Crippen molar-refractivity contribution in [3.05, 3.63) is 69.9 Å². The van der Waals surface area contributed by atoms with Gasteiger partial charge in [0.15, 0.2) is 6.10 Å². The molecule has 2 aromatic rings. The number of halogens is 2. The molecule has 0 fully saturated rings. The highest BCUT2D eigenvalue weighted by molar-refractivity contribution is 9.10. The Labute approximate surface area is 137 Å².